The van der Waals surface area contributed by atoms with Gasteiger partial charge in [-0.1, -0.05) is 19.3 Å². The molecule has 0 aromatic carbocycles. The lowest BCUT2D eigenvalue weighted by Crippen LogP contribution is -2.48. The van der Waals surface area contributed by atoms with E-state index in [-0.39, 0.29) is 11.4 Å². The van der Waals surface area contributed by atoms with E-state index in [9.17, 15) is 4.79 Å². The monoisotopic (exact) mass is 261 g/mol. The van der Waals surface area contributed by atoms with Crippen molar-refractivity contribution >= 4 is 5.91 Å². The number of amides is 1. The van der Waals surface area contributed by atoms with Crippen molar-refractivity contribution in [1.29, 1.82) is 0 Å². The smallest absolute Gasteiger partial charge is 0.222 e. The summed E-state index contributed by atoms with van der Waals surface area (Å²) in [6.07, 6.45) is 10.0. The second-order valence-corrected chi connectivity index (χ2v) is 5.40. The summed E-state index contributed by atoms with van der Waals surface area (Å²) in [4.78, 5) is 16.0. The largest absolute Gasteiger partial charge is 0.352 e. The van der Waals surface area contributed by atoms with Crippen molar-refractivity contribution in [2.45, 2.75) is 50.6 Å². The summed E-state index contributed by atoms with van der Waals surface area (Å²) in [7, 11) is 1.97. The molecule has 0 bridgehead atoms. The summed E-state index contributed by atoms with van der Waals surface area (Å²) in [5.74, 6) is 0.132. The lowest BCUT2D eigenvalue weighted by atomic mass is 9.79. The van der Waals surface area contributed by atoms with Crippen LogP contribution in [-0.4, -0.2) is 23.5 Å². The molecule has 19 heavy (non-hydrogen) atoms. The molecular formula is C15H23N3O. The SMILES string of the molecule is CNC1(CC(=O)NCc2ccncc2)CCCCC1. The van der Waals surface area contributed by atoms with Gasteiger partial charge in [0.2, 0.25) is 5.91 Å². The number of hydrogen-bond acceptors (Lipinski definition) is 3. The lowest BCUT2D eigenvalue weighted by molar-refractivity contribution is -0.123. The number of rotatable bonds is 5. The Morgan fingerprint density at radius 1 is 1.26 bits per heavy atom. The molecule has 0 spiro atoms. The highest BCUT2D eigenvalue weighted by Crippen LogP contribution is 2.30. The van der Waals surface area contributed by atoms with E-state index in [1.54, 1.807) is 12.4 Å². The molecule has 0 unspecified atom stereocenters. The van der Waals surface area contributed by atoms with Crippen molar-refractivity contribution in [3.05, 3.63) is 30.1 Å². The van der Waals surface area contributed by atoms with Gasteiger partial charge in [0, 0.05) is 30.9 Å². The molecule has 1 aliphatic rings. The van der Waals surface area contributed by atoms with Gasteiger partial charge >= 0.3 is 0 Å². The first-order valence-electron chi connectivity index (χ1n) is 7.09. The summed E-state index contributed by atoms with van der Waals surface area (Å²) >= 11 is 0. The molecule has 0 radical (unpaired) electrons. The third-order valence-corrected chi connectivity index (χ3v) is 4.08. The number of nitrogens with zero attached hydrogens (tertiary/aromatic N) is 1. The maximum absolute atomic E-state index is 12.1. The van der Waals surface area contributed by atoms with Crippen LogP contribution in [0, 0.1) is 0 Å². The second kappa shape index (κ2) is 6.66. The zero-order valence-corrected chi connectivity index (χ0v) is 11.6. The number of pyridine rings is 1. The van der Waals surface area contributed by atoms with Gasteiger partial charge < -0.3 is 10.6 Å². The van der Waals surface area contributed by atoms with E-state index in [1.165, 1.54) is 19.3 Å². The minimum Gasteiger partial charge on any atom is -0.352 e. The van der Waals surface area contributed by atoms with Crippen molar-refractivity contribution in [3.63, 3.8) is 0 Å². The van der Waals surface area contributed by atoms with Gasteiger partial charge in [0.15, 0.2) is 0 Å². The average molecular weight is 261 g/mol. The molecule has 0 aliphatic heterocycles. The van der Waals surface area contributed by atoms with Crippen LogP contribution < -0.4 is 10.6 Å². The van der Waals surface area contributed by atoms with Crippen LogP contribution in [0.2, 0.25) is 0 Å². The van der Waals surface area contributed by atoms with E-state index >= 15 is 0 Å². The van der Waals surface area contributed by atoms with Crippen LogP contribution in [0.15, 0.2) is 24.5 Å². The van der Waals surface area contributed by atoms with Crippen molar-refractivity contribution in [3.8, 4) is 0 Å². The van der Waals surface area contributed by atoms with Crippen molar-refractivity contribution < 1.29 is 4.79 Å². The van der Waals surface area contributed by atoms with Crippen molar-refractivity contribution in [2.24, 2.45) is 0 Å². The minimum atomic E-state index is 0.0145. The van der Waals surface area contributed by atoms with Crippen LogP contribution in [0.3, 0.4) is 0 Å². The Bertz CT molecular complexity index is 399. The lowest BCUT2D eigenvalue weighted by Gasteiger charge is -2.36. The van der Waals surface area contributed by atoms with Gasteiger partial charge in [0.25, 0.3) is 0 Å². The maximum atomic E-state index is 12.1. The second-order valence-electron chi connectivity index (χ2n) is 5.40. The van der Waals surface area contributed by atoms with Crippen molar-refractivity contribution in [1.82, 2.24) is 15.6 Å². The molecule has 1 aromatic heterocycles. The van der Waals surface area contributed by atoms with Gasteiger partial charge in [-0.2, -0.15) is 0 Å². The highest BCUT2D eigenvalue weighted by atomic mass is 16.1. The summed E-state index contributed by atoms with van der Waals surface area (Å²) in [5, 5.41) is 6.37. The Morgan fingerprint density at radius 2 is 1.95 bits per heavy atom. The van der Waals surface area contributed by atoms with Gasteiger partial charge in [-0.05, 0) is 37.6 Å². The normalized spacial score (nSPS) is 17.9. The van der Waals surface area contributed by atoms with Crippen LogP contribution in [0.1, 0.15) is 44.1 Å². The first-order chi connectivity index (χ1) is 9.24. The summed E-state index contributed by atoms with van der Waals surface area (Å²) in [5.41, 5.74) is 1.10. The Balaban J connectivity index is 1.83. The van der Waals surface area contributed by atoms with E-state index in [2.05, 4.69) is 15.6 Å². The fourth-order valence-corrected chi connectivity index (χ4v) is 2.81. The van der Waals surface area contributed by atoms with Crippen LogP contribution in [-0.2, 0) is 11.3 Å². The van der Waals surface area contributed by atoms with Gasteiger partial charge in [-0.25, -0.2) is 0 Å². The van der Waals surface area contributed by atoms with Crippen LogP contribution in [0.4, 0.5) is 0 Å². The first-order valence-corrected chi connectivity index (χ1v) is 7.09. The zero-order chi connectivity index (χ0) is 13.6. The van der Waals surface area contributed by atoms with Crippen LogP contribution >= 0.6 is 0 Å². The molecule has 1 amide bonds. The molecule has 104 valence electrons. The fourth-order valence-electron chi connectivity index (χ4n) is 2.81. The summed E-state index contributed by atoms with van der Waals surface area (Å²) < 4.78 is 0. The molecule has 1 heterocycles. The van der Waals surface area contributed by atoms with Gasteiger partial charge in [-0.15, -0.1) is 0 Å². The number of nitrogens with one attached hydrogen (secondary N) is 2. The molecule has 4 nitrogen and oxygen atoms in total. The molecular weight excluding hydrogens is 238 g/mol. The molecule has 1 saturated carbocycles. The number of carbonyl (C=O) groups excluding carboxylic acids is 1. The topological polar surface area (TPSA) is 54.0 Å². The van der Waals surface area contributed by atoms with Crippen LogP contribution in [0.25, 0.3) is 0 Å². The molecule has 1 aliphatic carbocycles. The number of hydrogen-bond donors (Lipinski definition) is 2. The number of carbonyl (C=O) groups is 1. The summed E-state index contributed by atoms with van der Waals surface area (Å²) in [6, 6.07) is 3.85. The molecule has 2 rings (SSSR count). The van der Waals surface area contributed by atoms with E-state index < -0.39 is 0 Å². The fraction of sp³-hybridized carbons (Fsp3) is 0.600. The molecule has 0 saturated heterocycles. The third kappa shape index (κ3) is 4.03. The van der Waals surface area contributed by atoms with E-state index in [4.69, 9.17) is 0 Å². The van der Waals surface area contributed by atoms with Gasteiger partial charge in [0.1, 0.15) is 0 Å². The molecule has 1 aromatic rings. The maximum Gasteiger partial charge on any atom is 0.222 e. The average Bonchev–Trinajstić information content (AvgIpc) is 2.47. The highest BCUT2D eigenvalue weighted by Gasteiger charge is 2.32. The van der Waals surface area contributed by atoms with E-state index in [1.807, 2.05) is 19.2 Å². The Morgan fingerprint density at radius 3 is 2.58 bits per heavy atom. The molecule has 2 N–H and O–H groups in total. The molecule has 4 heteroatoms. The Kier molecular flexibility index (Phi) is 4.91. The quantitative estimate of drug-likeness (QED) is 0.852. The number of aromatic nitrogens is 1. The predicted octanol–water partition coefficient (Wildman–Crippen LogP) is 2.01. The highest BCUT2D eigenvalue weighted by molar-refractivity contribution is 5.77. The van der Waals surface area contributed by atoms with E-state index in [0.29, 0.717) is 13.0 Å². The Hall–Kier alpha value is -1.42. The molecule has 0 atom stereocenters. The van der Waals surface area contributed by atoms with E-state index in [0.717, 1.165) is 18.4 Å². The third-order valence-electron chi connectivity index (χ3n) is 4.08. The minimum absolute atomic E-state index is 0.0145. The predicted molar refractivity (Wildman–Crippen MR) is 75.6 cm³/mol. The summed E-state index contributed by atoms with van der Waals surface area (Å²) in [6.45, 7) is 0.584. The van der Waals surface area contributed by atoms with Gasteiger partial charge in [0.05, 0.1) is 0 Å². The molecule has 1 fully saturated rings. The zero-order valence-electron chi connectivity index (χ0n) is 11.6. The van der Waals surface area contributed by atoms with Crippen molar-refractivity contribution in [2.75, 3.05) is 7.05 Å². The van der Waals surface area contributed by atoms with Crippen LogP contribution in [0.5, 0.6) is 0 Å². The standard InChI is InChI=1S/C15H23N3O/c1-16-15(7-3-2-4-8-15)11-14(19)18-12-13-5-9-17-10-6-13/h5-6,9-10,16H,2-4,7-8,11-12H2,1H3,(H,18,19). The van der Waals surface area contributed by atoms with Gasteiger partial charge in [-0.3, -0.25) is 9.78 Å². The first kappa shape index (κ1) is 14.0. The Labute approximate surface area is 115 Å².